The Kier molecular flexibility index (Phi) is 4.07. The number of rotatable bonds is 3. The first kappa shape index (κ1) is 15.1. The van der Waals surface area contributed by atoms with Crippen molar-refractivity contribution in [1.29, 1.82) is 0 Å². The van der Waals surface area contributed by atoms with Gasteiger partial charge in [-0.1, -0.05) is 0 Å². The monoisotopic (exact) mass is 314 g/mol. The Labute approximate surface area is 137 Å². The highest BCUT2D eigenvalue weighted by molar-refractivity contribution is 5.71. The van der Waals surface area contributed by atoms with Gasteiger partial charge in [0.05, 0.1) is 6.17 Å². The number of aromatic nitrogens is 3. The van der Waals surface area contributed by atoms with E-state index in [0.717, 1.165) is 43.0 Å². The van der Waals surface area contributed by atoms with Crippen LogP contribution in [0, 0.1) is 0 Å². The van der Waals surface area contributed by atoms with E-state index >= 15 is 0 Å². The van der Waals surface area contributed by atoms with Crippen LogP contribution in [0.3, 0.4) is 0 Å². The van der Waals surface area contributed by atoms with E-state index in [2.05, 4.69) is 34.4 Å². The first-order valence-corrected chi connectivity index (χ1v) is 8.96. The van der Waals surface area contributed by atoms with Gasteiger partial charge >= 0.3 is 0 Å². The molecular weight excluding hydrogens is 288 g/mol. The van der Waals surface area contributed by atoms with Crippen molar-refractivity contribution in [3.05, 3.63) is 24.2 Å². The molecular formula is C18H26N4O. The fourth-order valence-corrected chi connectivity index (χ4v) is 4.07. The molecule has 124 valence electrons. The predicted octanol–water partition coefficient (Wildman–Crippen LogP) is 3.68. The zero-order valence-corrected chi connectivity index (χ0v) is 14.1. The standard InChI is InChI=1S/C18H26N4O/c1-13(2)21-11-4-3-9-16(21)22-17-14(7-5-10-19-17)20-18(22)15-8-6-12-23-15/h5,7,10,13,15-16H,3-4,6,8-9,11-12H2,1-2H3. The van der Waals surface area contributed by atoms with Crippen LogP contribution in [0.2, 0.25) is 0 Å². The molecule has 23 heavy (non-hydrogen) atoms. The topological polar surface area (TPSA) is 43.2 Å². The molecule has 0 amide bonds. The Balaban J connectivity index is 1.84. The van der Waals surface area contributed by atoms with Crippen molar-refractivity contribution in [3.8, 4) is 0 Å². The van der Waals surface area contributed by atoms with Gasteiger partial charge in [0.15, 0.2) is 5.65 Å². The predicted molar refractivity (Wildman–Crippen MR) is 90.2 cm³/mol. The number of piperidine rings is 1. The SMILES string of the molecule is CC(C)N1CCCCC1n1c(C2CCCO2)nc2cccnc21. The molecule has 5 nitrogen and oxygen atoms in total. The Morgan fingerprint density at radius 1 is 1.22 bits per heavy atom. The Hall–Kier alpha value is -1.46. The molecule has 2 saturated heterocycles. The third kappa shape index (κ3) is 2.66. The van der Waals surface area contributed by atoms with Gasteiger partial charge in [-0.3, -0.25) is 9.47 Å². The molecule has 0 spiro atoms. The molecule has 2 fully saturated rings. The summed E-state index contributed by atoms with van der Waals surface area (Å²) in [7, 11) is 0. The molecule has 5 heteroatoms. The maximum absolute atomic E-state index is 5.97. The van der Waals surface area contributed by atoms with Crippen molar-refractivity contribution < 1.29 is 4.74 Å². The molecule has 4 heterocycles. The van der Waals surface area contributed by atoms with Gasteiger partial charge in [-0.05, 0) is 58.1 Å². The summed E-state index contributed by atoms with van der Waals surface area (Å²) in [5.74, 6) is 1.08. The molecule has 2 aliphatic rings. The van der Waals surface area contributed by atoms with Gasteiger partial charge in [-0.25, -0.2) is 9.97 Å². The number of ether oxygens (including phenoxy) is 1. The summed E-state index contributed by atoms with van der Waals surface area (Å²) < 4.78 is 8.35. The van der Waals surface area contributed by atoms with Gasteiger partial charge in [0.2, 0.25) is 0 Å². The largest absolute Gasteiger partial charge is 0.370 e. The normalized spacial score (nSPS) is 26.4. The van der Waals surface area contributed by atoms with E-state index in [1.807, 2.05) is 12.3 Å². The van der Waals surface area contributed by atoms with Crippen molar-refractivity contribution in [3.63, 3.8) is 0 Å². The summed E-state index contributed by atoms with van der Waals surface area (Å²) >= 11 is 0. The average molecular weight is 314 g/mol. The first-order chi connectivity index (χ1) is 11.3. The van der Waals surface area contributed by atoms with Crippen LogP contribution in [0.5, 0.6) is 0 Å². The fourth-order valence-electron chi connectivity index (χ4n) is 4.07. The Bertz CT molecular complexity index is 675. The summed E-state index contributed by atoms with van der Waals surface area (Å²) in [5, 5.41) is 0. The zero-order valence-electron chi connectivity index (χ0n) is 14.1. The van der Waals surface area contributed by atoms with Crippen LogP contribution in [-0.4, -0.2) is 38.6 Å². The van der Waals surface area contributed by atoms with E-state index in [9.17, 15) is 0 Å². The van der Waals surface area contributed by atoms with E-state index in [-0.39, 0.29) is 6.10 Å². The molecule has 0 N–H and O–H groups in total. The molecule has 2 aliphatic heterocycles. The Morgan fingerprint density at radius 2 is 2.13 bits per heavy atom. The van der Waals surface area contributed by atoms with Crippen molar-refractivity contribution >= 4 is 11.2 Å². The highest BCUT2D eigenvalue weighted by Gasteiger charge is 2.33. The second-order valence-corrected chi connectivity index (χ2v) is 7.00. The van der Waals surface area contributed by atoms with Gasteiger partial charge in [0, 0.05) is 25.4 Å². The molecule has 0 aliphatic carbocycles. The van der Waals surface area contributed by atoms with Gasteiger partial charge < -0.3 is 4.74 Å². The minimum Gasteiger partial charge on any atom is -0.370 e. The number of nitrogens with zero attached hydrogens (tertiary/aromatic N) is 4. The lowest BCUT2D eigenvalue weighted by atomic mass is 10.1. The molecule has 0 bridgehead atoms. The second-order valence-electron chi connectivity index (χ2n) is 7.00. The molecule has 2 aromatic rings. The van der Waals surface area contributed by atoms with Crippen LogP contribution in [0.1, 0.15) is 64.0 Å². The maximum Gasteiger partial charge on any atom is 0.161 e. The van der Waals surface area contributed by atoms with E-state index < -0.39 is 0 Å². The number of fused-ring (bicyclic) bond motifs is 1. The first-order valence-electron chi connectivity index (χ1n) is 8.96. The van der Waals surface area contributed by atoms with E-state index in [1.165, 1.54) is 19.3 Å². The number of pyridine rings is 1. The molecule has 0 aromatic carbocycles. The molecule has 0 saturated carbocycles. The van der Waals surface area contributed by atoms with Gasteiger partial charge in [0.25, 0.3) is 0 Å². The van der Waals surface area contributed by atoms with E-state index in [1.54, 1.807) is 0 Å². The van der Waals surface area contributed by atoms with Crippen molar-refractivity contribution in [2.45, 2.75) is 64.3 Å². The van der Waals surface area contributed by atoms with Crippen molar-refractivity contribution in [2.24, 2.45) is 0 Å². The van der Waals surface area contributed by atoms with Crippen LogP contribution < -0.4 is 0 Å². The number of imidazole rings is 1. The summed E-state index contributed by atoms with van der Waals surface area (Å²) in [5.41, 5.74) is 2.00. The third-order valence-corrected chi connectivity index (χ3v) is 5.17. The number of hydrogen-bond acceptors (Lipinski definition) is 4. The quantitative estimate of drug-likeness (QED) is 0.867. The van der Waals surface area contributed by atoms with Gasteiger partial charge in [-0.2, -0.15) is 0 Å². The van der Waals surface area contributed by atoms with Crippen LogP contribution in [-0.2, 0) is 4.74 Å². The van der Waals surface area contributed by atoms with Crippen LogP contribution in [0.25, 0.3) is 11.2 Å². The summed E-state index contributed by atoms with van der Waals surface area (Å²) in [6, 6.07) is 4.57. The fraction of sp³-hybridized carbons (Fsp3) is 0.667. The summed E-state index contributed by atoms with van der Waals surface area (Å²) in [6.45, 7) is 6.58. The summed E-state index contributed by atoms with van der Waals surface area (Å²) in [4.78, 5) is 12.2. The average Bonchev–Trinajstić information content (AvgIpc) is 3.22. The lowest BCUT2D eigenvalue weighted by molar-refractivity contribution is 0.0504. The van der Waals surface area contributed by atoms with E-state index in [4.69, 9.17) is 9.72 Å². The molecule has 4 rings (SSSR count). The molecule has 2 atom stereocenters. The van der Waals surface area contributed by atoms with Crippen LogP contribution in [0.4, 0.5) is 0 Å². The molecule has 0 radical (unpaired) electrons. The van der Waals surface area contributed by atoms with Gasteiger partial charge in [0.1, 0.15) is 17.4 Å². The van der Waals surface area contributed by atoms with Crippen molar-refractivity contribution in [1.82, 2.24) is 19.4 Å². The van der Waals surface area contributed by atoms with Crippen LogP contribution >= 0.6 is 0 Å². The zero-order chi connectivity index (χ0) is 15.8. The van der Waals surface area contributed by atoms with E-state index in [0.29, 0.717) is 12.2 Å². The lowest BCUT2D eigenvalue weighted by Crippen LogP contribution is -2.42. The third-order valence-electron chi connectivity index (χ3n) is 5.17. The smallest absolute Gasteiger partial charge is 0.161 e. The number of hydrogen-bond donors (Lipinski definition) is 0. The maximum atomic E-state index is 5.97. The highest BCUT2D eigenvalue weighted by Crippen LogP contribution is 2.36. The number of likely N-dealkylation sites (tertiary alicyclic amines) is 1. The second kappa shape index (κ2) is 6.21. The minimum atomic E-state index is 0.125. The minimum absolute atomic E-state index is 0.125. The van der Waals surface area contributed by atoms with Crippen molar-refractivity contribution in [2.75, 3.05) is 13.2 Å². The molecule has 2 aromatic heterocycles. The van der Waals surface area contributed by atoms with Crippen LogP contribution in [0.15, 0.2) is 18.3 Å². The summed E-state index contributed by atoms with van der Waals surface area (Å²) in [6.07, 6.45) is 8.26. The molecule has 2 unspecified atom stereocenters. The lowest BCUT2D eigenvalue weighted by Gasteiger charge is -2.40. The van der Waals surface area contributed by atoms with Gasteiger partial charge in [-0.15, -0.1) is 0 Å². The Morgan fingerprint density at radius 3 is 2.91 bits per heavy atom. The highest BCUT2D eigenvalue weighted by atomic mass is 16.5.